The molecule has 17 heavy (non-hydrogen) atoms. The molecule has 4 nitrogen and oxygen atoms in total. The zero-order valence-electron chi connectivity index (χ0n) is 10.6. The van der Waals surface area contributed by atoms with E-state index in [2.05, 4.69) is 10.2 Å². The van der Waals surface area contributed by atoms with Crippen molar-refractivity contribution >= 4 is 0 Å². The fraction of sp³-hybridized carbons (Fsp3) is 1.00. The van der Waals surface area contributed by atoms with Gasteiger partial charge in [-0.3, -0.25) is 4.90 Å². The second kappa shape index (κ2) is 5.65. The number of hydrogen-bond donors (Lipinski definition) is 1. The highest BCUT2D eigenvalue weighted by Gasteiger charge is 2.29. The molecule has 1 N–H and O–H groups in total. The van der Waals surface area contributed by atoms with Crippen molar-refractivity contribution in [1.29, 1.82) is 0 Å². The third kappa shape index (κ3) is 3.41. The topological polar surface area (TPSA) is 33.7 Å². The molecular weight excluding hydrogens is 216 g/mol. The van der Waals surface area contributed by atoms with Gasteiger partial charge in [0.25, 0.3) is 0 Å². The molecule has 3 aliphatic rings. The van der Waals surface area contributed by atoms with Crippen molar-refractivity contribution < 1.29 is 9.47 Å². The first-order valence-electron chi connectivity index (χ1n) is 7.08. The van der Waals surface area contributed by atoms with Gasteiger partial charge in [0.1, 0.15) is 0 Å². The minimum Gasteiger partial charge on any atom is -0.378 e. The van der Waals surface area contributed by atoms with Gasteiger partial charge in [-0.25, -0.2) is 0 Å². The molecule has 1 saturated carbocycles. The normalized spacial score (nSPS) is 35.3. The molecule has 2 heterocycles. The third-order valence-corrected chi connectivity index (χ3v) is 4.03. The smallest absolute Gasteiger partial charge is 0.0703 e. The van der Waals surface area contributed by atoms with Gasteiger partial charge in [-0.1, -0.05) is 0 Å². The summed E-state index contributed by atoms with van der Waals surface area (Å²) in [5, 5.41) is 3.62. The second-order valence-electron chi connectivity index (χ2n) is 5.54. The number of rotatable bonds is 5. The van der Waals surface area contributed by atoms with Crippen LogP contribution in [0.2, 0.25) is 0 Å². The molecule has 0 bridgehead atoms. The monoisotopic (exact) mass is 240 g/mol. The first-order chi connectivity index (χ1) is 8.42. The quantitative estimate of drug-likeness (QED) is 0.764. The lowest BCUT2D eigenvalue weighted by Gasteiger charge is -2.37. The predicted octanol–water partition coefficient (Wildman–Crippen LogP) is 0.618. The summed E-state index contributed by atoms with van der Waals surface area (Å²) in [6.45, 7) is 5.97. The lowest BCUT2D eigenvalue weighted by molar-refractivity contribution is -0.0299. The molecule has 2 atom stereocenters. The van der Waals surface area contributed by atoms with Crippen molar-refractivity contribution in [2.24, 2.45) is 0 Å². The molecule has 0 amide bonds. The van der Waals surface area contributed by atoms with Gasteiger partial charge >= 0.3 is 0 Å². The lowest BCUT2D eigenvalue weighted by Crippen LogP contribution is -2.52. The summed E-state index contributed by atoms with van der Waals surface area (Å²) < 4.78 is 11.3. The summed E-state index contributed by atoms with van der Waals surface area (Å²) >= 11 is 0. The van der Waals surface area contributed by atoms with E-state index in [0.717, 1.165) is 45.5 Å². The van der Waals surface area contributed by atoms with Crippen molar-refractivity contribution in [3.05, 3.63) is 0 Å². The molecular formula is C13H24N2O2. The Hall–Kier alpha value is -0.160. The van der Waals surface area contributed by atoms with E-state index in [1.165, 1.54) is 25.7 Å². The first-order valence-corrected chi connectivity index (χ1v) is 7.08. The molecule has 98 valence electrons. The molecule has 2 saturated heterocycles. The molecule has 3 rings (SSSR count). The van der Waals surface area contributed by atoms with Crippen LogP contribution in [0.25, 0.3) is 0 Å². The zero-order chi connectivity index (χ0) is 11.5. The van der Waals surface area contributed by atoms with Crippen LogP contribution in [0.1, 0.15) is 25.7 Å². The molecule has 0 aromatic rings. The molecule has 0 spiro atoms. The summed E-state index contributed by atoms with van der Waals surface area (Å²) in [6.07, 6.45) is 5.66. The maximum absolute atomic E-state index is 5.74. The van der Waals surface area contributed by atoms with Gasteiger partial charge in [-0.05, 0) is 25.7 Å². The molecule has 2 aliphatic heterocycles. The minimum atomic E-state index is 0.469. The van der Waals surface area contributed by atoms with Gasteiger partial charge in [0.05, 0.1) is 19.3 Å². The molecule has 0 aromatic heterocycles. The van der Waals surface area contributed by atoms with Gasteiger partial charge in [0.15, 0.2) is 0 Å². The third-order valence-electron chi connectivity index (χ3n) is 4.03. The maximum atomic E-state index is 5.74. The second-order valence-corrected chi connectivity index (χ2v) is 5.54. The molecule has 4 heteroatoms. The Bertz CT molecular complexity index is 240. The average Bonchev–Trinajstić information content (AvgIpc) is 3.05. The predicted molar refractivity (Wildman–Crippen MR) is 66.2 cm³/mol. The Morgan fingerprint density at radius 2 is 2.12 bits per heavy atom. The van der Waals surface area contributed by atoms with Crippen molar-refractivity contribution in [2.45, 2.75) is 43.9 Å². The van der Waals surface area contributed by atoms with Crippen molar-refractivity contribution in [1.82, 2.24) is 10.2 Å². The number of ether oxygens (including phenoxy) is 2. The van der Waals surface area contributed by atoms with Crippen LogP contribution in [0.4, 0.5) is 0 Å². The Morgan fingerprint density at radius 3 is 2.88 bits per heavy atom. The van der Waals surface area contributed by atoms with E-state index in [4.69, 9.17) is 9.47 Å². The van der Waals surface area contributed by atoms with Crippen LogP contribution in [0.5, 0.6) is 0 Å². The largest absolute Gasteiger partial charge is 0.378 e. The molecule has 3 fully saturated rings. The van der Waals surface area contributed by atoms with Gasteiger partial charge in [0.2, 0.25) is 0 Å². The Kier molecular flexibility index (Phi) is 3.96. The van der Waals surface area contributed by atoms with Crippen molar-refractivity contribution in [3.8, 4) is 0 Å². The summed E-state index contributed by atoms with van der Waals surface area (Å²) in [5.74, 6) is 0. The van der Waals surface area contributed by atoms with Crippen LogP contribution in [0, 0.1) is 0 Å². The fourth-order valence-corrected chi connectivity index (χ4v) is 2.76. The van der Waals surface area contributed by atoms with Crippen molar-refractivity contribution in [2.75, 3.05) is 39.5 Å². The fourth-order valence-electron chi connectivity index (χ4n) is 2.76. The van der Waals surface area contributed by atoms with Gasteiger partial charge in [0, 0.05) is 38.3 Å². The van der Waals surface area contributed by atoms with E-state index in [0.29, 0.717) is 12.1 Å². The number of nitrogens with zero attached hydrogens (tertiary/aromatic N) is 1. The van der Waals surface area contributed by atoms with Crippen LogP contribution < -0.4 is 5.32 Å². The van der Waals surface area contributed by atoms with Crippen LogP contribution in [-0.4, -0.2) is 62.5 Å². The van der Waals surface area contributed by atoms with Gasteiger partial charge < -0.3 is 14.8 Å². The lowest BCUT2D eigenvalue weighted by atomic mass is 10.1. The zero-order valence-corrected chi connectivity index (χ0v) is 10.6. The van der Waals surface area contributed by atoms with Crippen LogP contribution in [0.15, 0.2) is 0 Å². The summed E-state index contributed by atoms with van der Waals surface area (Å²) in [4.78, 5) is 2.56. The first kappa shape index (κ1) is 11.9. The van der Waals surface area contributed by atoms with Crippen molar-refractivity contribution in [3.63, 3.8) is 0 Å². The maximum Gasteiger partial charge on any atom is 0.0703 e. The summed E-state index contributed by atoms with van der Waals surface area (Å²) in [7, 11) is 0. The average molecular weight is 240 g/mol. The Labute approximate surface area is 104 Å². The Morgan fingerprint density at radius 1 is 1.18 bits per heavy atom. The highest BCUT2D eigenvalue weighted by Crippen LogP contribution is 2.20. The van der Waals surface area contributed by atoms with Crippen LogP contribution >= 0.6 is 0 Å². The summed E-state index contributed by atoms with van der Waals surface area (Å²) in [6, 6.07) is 1.34. The number of nitrogens with one attached hydrogen (secondary N) is 1. The highest BCUT2D eigenvalue weighted by molar-refractivity contribution is 4.86. The van der Waals surface area contributed by atoms with Crippen LogP contribution in [0.3, 0.4) is 0 Å². The molecule has 0 aromatic carbocycles. The highest BCUT2D eigenvalue weighted by atomic mass is 16.5. The SMILES string of the molecule is C1COC(CN2CCOCC2CNC2CC2)C1. The number of morpholine rings is 1. The van der Waals surface area contributed by atoms with E-state index in [1.54, 1.807) is 0 Å². The molecule has 2 unspecified atom stereocenters. The minimum absolute atomic E-state index is 0.469. The summed E-state index contributed by atoms with van der Waals surface area (Å²) in [5.41, 5.74) is 0. The number of hydrogen-bond acceptors (Lipinski definition) is 4. The van der Waals surface area contributed by atoms with Gasteiger partial charge in [-0.2, -0.15) is 0 Å². The standard InChI is InChI=1S/C13H24N2O2/c1-2-13(17-6-1)9-15-5-7-16-10-12(15)8-14-11-3-4-11/h11-14H,1-10H2. The van der Waals surface area contributed by atoms with E-state index < -0.39 is 0 Å². The Balaban J connectivity index is 1.47. The molecule has 0 radical (unpaired) electrons. The molecule has 1 aliphatic carbocycles. The van der Waals surface area contributed by atoms with Gasteiger partial charge in [-0.15, -0.1) is 0 Å². The van der Waals surface area contributed by atoms with Crippen LogP contribution in [-0.2, 0) is 9.47 Å². The van der Waals surface area contributed by atoms with E-state index >= 15 is 0 Å². The van der Waals surface area contributed by atoms with E-state index in [9.17, 15) is 0 Å². The van der Waals surface area contributed by atoms with E-state index in [-0.39, 0.29) is 0 Å². The van der Waals surface area contributed by atoms with E-state index in [1.807, 2.05) is 0 Å².